The van der Waals surface area contributed by atoms with E-state index in [0.717, 1.165) is 18.5 Å². The lowest BCUT2D eigenvalue weighted by Gasteiger charge is -2.32. The summed E-state index contributed by atoms with van der Waals surface area (Å²) in [5.41, 5.74) is 1.59. The Morgan fingerprint density at radius 2 is 1.86 bits per heavy atom. The van der Waals surface area contributed by atoms with Crippen molar-refractivity contribution in [1.29, 1.82) is 0 Å². The molecule has 6 rings (SSSR count). The van der Waals surface area contributed by atoms with Gasteiger partial charge in [-0.3, -0.25) is 10.1 Å². The average Bonchev–Trinajstić information content (AvgIpc) is 3.55. The number of piperidine rings is 1. The summed E-state index contributed by atoms with van der Waals surface area (Å²) in [4.78, 5) is 30.7. The summed E-state index contributed by atoms with van der Waals surface area (Å²) in [6, 6.07) is 11.9. The SMILES string of the molecule is C=CC(=O)N1CCC(Nc2cc3c(Nc4ccc(Oc5ccnc(Nc6ncco6)c5)cc4F)ncnc3cc2OC)CC1. The molecule has 3 aromatic heterocycles. The van der Waals surface area contributed by atoms with Crippen LogP contribution in [0.5, 0.6) is 17.2 Å². The Morgan fingerprint density at radius 1 is 1.02 bits per heavy atom. The highest BCUT2D eigenvalue weighted by Gasteiger charge is 2.23. The lowest BCUT2D eigenvalue weighted by Crippen LogP contribution is -2.41. The molecule has 1 aliphatic rings. The predicted octanol–water partition coefficient (Wildman–Crippen LogP) is 6.03. The van der Waals surface area contributed by atoms with E-state index in [1.165, 1.54) is 30.9 Å². The third-order valence-electron chi connectivity index (χ3n) is 7.13. The van der Waals surface area contributed by atoms with Gasteiger partial charge in [-0.25, -0.2) is 24.3 Å². The molecule has 0 saturated carbocycles. The number of oxazole rings is 1. The van der Waals surface area contributed by atoms with Gasteiger partial charge in [0.25, 0.3) is 6.01 Å². The number of halogens is 1. The number of methoxy groups -OCH3 is 1. The van der Waals surface area contributed by atoms with Crippen molar-refractivity contribution < 1.29 is 23.1 Å². The minimum atomic E-state index is -0.533. The molecular formula is C31H29FN8O4. The molecule has 0 radical (unpaired) electrons. The topological polar surface area (TPSA) is 140 Å². The highest BCUT2D eigenvalue weighted by Crippen LogP contribution is 2.35. The molecule has 0 atom stereocenters. The lowest BCUT2D eigenvalue weighted by atomic mass is 10.0. The van der Waals surface area contributed by atoms with Crippen molar-refractivity contribution >= 4 is 45.8 Å². The van der Waals surface area contributed by atoms with Crippen LogP contribution in [0.25, 0.3) is 10.9 Å². The Labute approximate surface area is 252 Å². The molecule has 5 aromatic rings. The molecule has 1 aliphatic heterocycles. The van der Waals surface area contributed by atoms with E-state index >= 15 is 4.39 Å². The van der Waals surface area contributed by atoms with Crippen LogP contribution in [0.3, 0.4) is 0 Å². The average molecular weight is 597 g/mol. The lowest BCUT2D eigenvalue weighted by molar-refractivity contribution is -0.126. The van der Waals surface area contributed by atoms with Crippen molar-refractivity contribution in [2.24, 2.45) is 0 Å². The minimum Gasteiger partial charge on any atom is -0.495 e. The number of carbonyl (C=O) groups is 1. The van der Waals surface area contributed by atoms with Crippen LogP contribution in [0.4, 0.5) is 33.4 Å². The van der Waals surface area contributed by atoms with Gasteiger partial charge in [-0.2, -0.15) is 0 Å². The minimum absolute atomic E-state index is 0.0610. The Balaban J connectivity index is 1.18. The molecule has 0 bridgehead atoms. The molecule has 3 N–H and O–H groups in total. The van der Waals surface area contributed by atoms with Crippen molar-refractivity contribution in [3.05, 3.63) is 85.9 Å². The molecule has 0 aliphatic carbocycles. The monoisotopic (exact) mass is 596 g/mol. The molecule has 224 valence electrons. The first-order valence-electron chi connectivity index (χ1n) is 13.9. The smallest absolute Gasteiger partial charge is 0.300 e. The Bertz CT molecular complexity index is 1790. The number of fused-ring (bicyclic) bond motifs is 1. The maximum Gasteiger partial charge on any atom is 0.300 e. The number of anilines is 5. The van der Waals surface area contributed by atoms with E-state index in [1.54, 1.807) is 42.5 Å². The Kier molecular flexibility index (Phi) is 8.17. The van der Waals surface area contributed by atoms with E-state index in [0.29, 0.717) is 52.9 Å². The number of nitrogens with zero attached hydrogens (tertiary/aromatic N) is 5. The number of ether oxygens (including phenoxy) is 2. The van der Waals surface area contributed by atoms with E-state index < -0.39 is 5.82 Å². The van der Waals surface area contributed by atoms with Gasteiger partial charge >= 0.3 is 0 Å². The molecule has 4 heterocycles. The second-order valence-corrected chi connectivity index (χ2v) is 9.95. The number of nitrogens with one attached hydrogen (secondary N) is 3. The molecule has 44 heavy (non-hydrogen) atoms. The molecule has 13 heteroatoms. The largest absolute Gasteiger partial charge is 0.495 e. The summed E-state index contributed by atoms with van der Waals surface area (Å²) >= 11 is 0. The van der Waals surface area contributed by atoms with Gasteiger partial charge in [-0.1, -0.05) is 6.58 Å². The predicted molar refractivity (Wildman–Crippen MR) is 163 cm³/mol. The summed E-state index contributed by atoms with van der Waals surface area (Å²) in [7, 11) is 1.59. The molecule has 0 unspecified atom stereocenters. The summed E-state index contributed by atoms with van der Waals surface area (Å²) < 4.78 is 32.0. The number of rotatable bonds is 10. The van der Waals surface area contributed by atoms with Gasteiger partial charge in [0.05, 0.1) is 30.2 Å². The number of benzene rings is 2. The third-order valence-corrected chi connectivity index (χ3v) is 7.13. The molecule has 1 amide bonds. The van der Waals surface area contributed by atoms with Crippen LogP contribution in [-0.4, -0.2) is 57.0 Å². The third kappa shape index (κ3) is 6.36. The summed E-state index contributed by atoms with van der Waals surface area (Å²) in [6.07, 6.45) is 8.81. The number of likely N-dealkylation sites (tertiary alicyclic amines) is 1. The van der Waals surface area contributed by atoms with Crippen molar-refractivity contribution in [1.82, 2.24) is 24.8 Å². The summed E-state index contributed by atoms with van der Waals surface area (Å²) in [5.74, 6) is 1.65. The highest BCUT2D eigenvalue weighted by molar-refractivity contribution is 5.95. The maximum absolute atomic E-state index is 15.3. The summed E-state index contributed by atoms with van der Waals surface area (Å²) in [5, 5.41) is 10.2. The van der Waals surface area contributed by atoms with Gasteiger partial charge in [0.2, 0.25) is 5.91 Å². The number of amides is 1. The highest BCUT2D eigenvalue weighted by atomic mass is 19.1. The van der Waals surface area contributed by atoms with Crippen LogP contribution >= 0.6 is 0 Å². The van der Waals surface area contributed by atoms with E-state index in [4.69, 9.17) is 13.9 Å². The van der Waals surface area contributed by atoms with Crippen molar-refractivity contribution in [3.8, 4) is 17.2 Å². The fourth-order valence-electron chi connectivity index (χ4n) is 4.92. The standard InChI is InChI=1S/C31H29FN8O4/c1-3-29(41)40-11-7-19(8-12-40)37-26-16-22-25(17-27(26)42-2)35-18-36-30(22)38-24-5-4-20(14-23(24)32)44-21-6-9-33-28(15-21)39-31-34-10-13-43-31/h3-6,9-10,13-19,37H,1,7-8,11-12H2,2H3,(H,33,34,39)(H,35,36,38). The zero-order valence-electron chi connectivity index (χ0n) is 23.8. The first kappa shape index (κ1) is 28.4. The van der Waals surface area contributed by atoms with E-state index in [1.807, 2.05) is 12.1 Å². The number of pyridine rings is 1. The molecule has 2 aromatic carbocycles. The molecule has 1 saturated heterocycles. The van der Waals surface area contributed by atoms with Crippen molar-refractivity contribution in [3.63, 3.8) is 0 Å². The normalized spacial score (nSPS) is 13.4. The zero-order valence-corrected chi connectivity index (χ0v) is 23.8. The van der Waals surface area contributed by atoms with Gasteiger partial charge in [0.1, 0.15) is 47.3 Å². The first-order valence-corrected chi connectivity index (χ1v) is 13.9. The molecule has 1 fully saturated rings. The quantitative estimate of drug-likeness (QED) is 0.163. The van der Waals surface area contributed by atoms with E-state index in [2.05, 4.69) is 42.5 Å². The van der Waals surface area contributed by atoms with Gasteiger partial charge in [-0.15, -0.1) is 0 Å². The molecule has 12 nitrogen and oxygen atoms in total. The number of carbonyl (C=O) groups excluding carboxylic acids is 1. The van der Waals surface area contributed by atoms with E-state index in [9.17, 15) is 4.79 Å². The second-order valence-electron chi connectivity index (χ2n) is 9.95. The van der Waals surface area contributed by atoms with Crippen LogP contribution in [-0.2, 0) is 4.79 Å². The van der Waals surface area contributed by atoms with Gasteiger partial charge < -0.3 is 29.4 Å². The first-order chi connectivity index (χ1) is 21.5. The Hall–Kier alpha value is -5.72. The molecule has 0 spiro atoms. The fraction of sp³-hybridized carbons (Fsp3) is 0.194. The van der Waals surface area contributed by atoms with Gasteiger partial charge in [-0.05, 0) is 43.2 Å². The van der Waals surface area contributed by atoms with Crippen molar-refractivity contribution in [2.75, 3.05) is 36.1 Å². The van der Waals surface area contributed by atoms with Gasteiger partial charge in [0, 0.05) is 48.9 Å². The summed E-state index contributed by atoms with van der Waals surface area (Å²) in [6.45, 7) is 4.84. The van der Waals surface area contributed by atoms with E-state index in [-0.39, 0.29) is 23.7 Å². The van der Waals surface area contributed by atoms with Crippen LogP contribution in [0.1, 0.15) is 12.8 Å². The Morgan fingerprint density at radius 3 is 2.61 bits per heavy atom. The van der Waals surface area contributed by atoms with Crippen LogP contribution in [0.2, 0.25) is 0 Å². The van der Waals surface area contributed by atoms with Gasteiger partial charge in [0.15, 0.2) is 0 Å². The maximum atomic E-state index is 15.3. The van der Waals surface area contributed by atoms with Crippen LogP contribution < -0.4 is 25.4 Å². The number of hydrogen-bond acceptors (Lipinski definition) is 11. The number of hydrogen-bond donors (Lipinski definition) is 3. The number of aromatic nitrogens is 4. The fourth-order valence-corrected chi connectivity index (χ4v) is 4.92. The molecular weight excluding hydrogens is 567 g/mol. The zero-order chi connectivity index (χ0) is 30.5. The van der Waals surface area contributed by atoms with Crippen LogP contribution in [0, 0.1) is 5.82 Å². The van der Waals surface area contributed by atoms with Crippen LogP contribution in [0.15, 0.2) is 84.5 Å². The van der Waals surface area contributed by atoms with Crippen molar-refractivity contribution in [2.45, 2.75) is 18.9 Å². The second kappa shape index (κ2) is 12.7.